The van der Waals surface area contributed by atoms with Gasteiger partial charge in [0.05, 0.1) is 5.69 Å². The predicted molar refractivity (Wildman–Crippen MR) is 78.6 cm³/mol. The lowest BCUT2D eigenvalue weighted by Gasteiger charge is -2.14. The first kappa shape index (κ1) is 12.3. The second-order valence-corrected chi connectivity index (χ2v) is 5.35. The number of nitrogen functional groups attached to an aromatic ring is 1. The molecular weight excluding hydrogens is 234 g/mol. The zero-order valence-electron chi connectivity index (χ0n) is 11.5. The van der Waals surface area contributed by atoms with Gasteiger partial charge in [0.25, 0.3) is 0 Å². The van der Waals surface area contributed by atoms with Gasteiger partial charge in [-0.05, 0) is 49.8 Å². The monoisotopic (exact) mass is 255 g/mol. The number of hydrogen-bond donors (Lipinski definition) is 1. The standard InChI is InChI=1S/C16H21N3/c1-2-5-12-8-10-13(11-9-12)19-15-7-4-3-6-14(15)16(17)18-19/h8-11H,2-7H2,1H3,(H2,17,18). The van der Waals surface area contributed by atoms with Gasteiger partial charge >= 0.3 is 0 Å². The lowest BCUT2D eigenvalue weighted by molar-refractivity contribution is 0.653. The normalized spacial score (nSPS) is 14.4. The molecule has 0 saturated heterocycles. The number of aromatic nitrogens is 2. The summed E-state index contributed by atoms with van der Waals surface area (Å²) in [6.45, 7) is 2.21. The van der Waals surface area contributed by atoms with E-state index in [1.165, 1.54) is 36.1 Å². The van der Waals surface area contributed by atoms with Crippen molar-refractivity contribution in [2.24, 2.45) is 0 Å². The van der Waals surface area contributed by atoms with Gasteiger partial charge in [0.2, 0.25) is 0 Å². The van der Waals surface area contributed by atoms with Crippen LogP contribution in [0.1, 0.15) is 43.0 Å². The van der Waals surface area contributed by atoms with Crippen molar-refractivity contribution >= 4 is 5.82 Å². The Morgan fingerprint density at radius 3 is 2.63 bits per heavy atom. The largest absolute Gasteiger partial charge is 0.382 e. The number of rotatable bonds is 3. The maximum Gasteiger partial charge on any atom is 0.149 e. The van der Waals surface area contributed by atoms with Gasteiger partial charge in [-0.2, -0.15) is 5.10 Å². The molecule has 0 radical (unpaired) electrons. The topological polar surface area (TPSA) is 43.8 Å². The van der Waals surface area contributed by atoms with Crippen molar-refractivity contribution in [1.82, 2.24) is 9.78 Å². The molecule has 1 heterocycles. The van der Waals surface area contributed by atoms with Gasteiger partial charge in [0.15, 0.2) is 0 Å². The Hall–Kier alpha value is -1.77. The summed E-state index contributed by atoms with van der Waals surface area (Å²) in [6.07, 6.45) is 6.97. The van der Waals surface area contributed by atoms with Gasteiger partial charge in [-0.1, -0.05) is 25.5 Å². The van der Waals surface area contributed by atoms with Crippen LogP contribution >= 0.6 is 0 Å². The molecule has 1 aliphatic rings. The number of hydrogen-bond acceptors (Lipinski definition) is 2. The van der Waals surface area contributed by atoms with E-state index in [1.54, 1.807) is 0 Å². The quantitative estimate of drug-likeness (QED) is 0.914. The summed E-state index contributed by atoms with van der Waals surface area (Å²) in [7, 11) is 0. The van der Waals surface area contributed by atoms with E-state index in [2.05, 4.69) is 36.3 Å². The molecule has 1 aliphatic carbocycles. The summed E-state index contributed by atoms with van der Waals surface area (Å²) < 4.78 is 2.04. The summed E-state index contributed by atoms with van der Waals surface area (Å²) >= 11 is 0. The fourth-order valence-corrected chi connectivity index (χ4v) is 2.93. The first-order valence-electron chi connectivity index (χ1n) is 7.25. The first-order chi connectivity index (χ1) is 9.29. The summed E-state index contributed by atoms with van der Waals surface area (Å²) in [5, 5.41) is 4.53. The van der Waals surface area contributed by atoms with Crippen LogP contribution in [0.5, 0.6) is 0 Å². The summed E-state index contributed by atoms with van der Waals surface area (Å²) in [5.74, 6) is 0.715. The molecule has 0 amide bonds. The zero-order chi connectivity index (χ0) is 13.2. The molecule has 100 valence electrons. The van der Waals surface area contributed by atoms with E-state index in [4.69, 9.17) is 5.73 Å². The number of fused-ring (bicyclic) bond motifs is 1. The third-order valence-corrected chi connectivity index (χ3v) is 3.93. The van der Waals surface area contributed by atoms with Crippen LogP contribution in [0.3, 0.4) is 0 Å². The van der Waals surface area contributed by atoms with Crippen LogP contribution in [0.15, 0.2) is 24.3 Å². The molecule has 0 fully saturated rings. The first-order valence-corrected chi connectivity index (χ1v) is 7.25. The van der Waals surface area contributed by atoms with Crippen LogP contribution in [-0.4, -0.2) is 9.78 Å². The Balaban J connectivity index is 1.97. The Labute approximate surface area is 114 Å². The molecule has 1 aromatic carbocycles. The number of nitrogens with two attached hydrogens (primary N) is 1. The molecule has 0 saturated carbocycles. The molecule has 0 bridgehead atoms. The molecule has 2 aromatic rings. The minimum atomic E-state index is 0.715. The average Bonchev–Trinajstić information content (AvgIpc) is 2.78. The molecule has 3 rings (SSSR count). The SMILES string of the molecule is CCCc1ccc(-n2nc(N)c3c2CCCC3)cc1. The van der Waals surface area contributed by atoms with E-state index < -0.39 is 0 Å². The van der Waals surface area contributed by atoms with E-state index in [0.717, 1.165) is 24.9 Å². The molecule has 2 N–H and O–H groups in total. The molecule has 0 unspecified atom stereocenters. The Morgan fingerprint density at radius 2 is 1.89 bits per heavy atom. The van der Waals surface area contributed by atoms with Gasteiger partial charge in [0, 0.05) is 11.3 Å². The van der Waals surface area contributed by atoms with E-state index in [1.807, 2.05) is 4.68 Å². The smallest absolute Gasteiger partial charge is 0.149 e. The number of aryl methyl sites for hydroxylation is 1. The van der Waals surface area contributed by atoms with Crippen LogP contribution in [0.25, 0.3) is 5.69 Å². The molecule has 3 heteroatoms. The fourth-order valence-electron chi connectivity index (χ4n) is 2.93. The van der Waals surface area contributed by atoms with Crippen molar-refractivity contribution in [3.05, 3.63) is 41.1 Å². The second kappa shape index (κ2) is 5.08. The highest BCUT2D eigenvalue weighted by molar-refractivity contribution is 5.48. The highest BCUT2D eigenvalue weighted by Gasteiger charge is 2.19. The van der Waals surface area contributed by atoms with E-state index in [9.17, 15) is 0 Å². The van der Waals surface area contributed by atoms with Crippen LogP contribution in [-0.2, 0) is 19.3 Å². The summed E-state index contributed by atoms with van der Waals surface area (Å²) in [6, 6.07) is 8.72. The molecule has 1 aromatic heterocycles. The van der Waals surface area contributed by atoms with Gasteiger partial charge in [-0.15, -0.1) is 0 Å². The average molecular weight is 255 g/mol. The molecular formula is C16H21N3. The van der Waals surface area contributed by atoms with Crippen molar-refractivity contribution in [3.8, 4) is 5.69 Å². The van der Waals surface area contributed by atoms with Crippen molar-refractivity contribution in [2.45, 2.75) is 45.4 Å². The van der Waals surface area contributed by atoms with Crippen LogP contribution in [0.4, 0.5) is 5.82 Å². The van der Waals surface area contributed by atoms with Crippen molar-refractivity contribution < 1.29 is 0 Å². The molecule has 0 aliphatic heterocycles. The lowest BCUT2D eigenvalue weighted by atomic mass is 9.97. The maximum absolute atomic E-state index is 6.05. The van der Waals surface area contributed by atoms with Crippen LogP contribution in [0, 0.1) is 0 Å². The molecule has 0 spiro atoms. The molecule has 3 nitrogen and oxygen atoms in total. The summed E-state index contributed by atoms with van der Waals surface area (Å²) in [5.41, 5.74) is 11.1. The summed E-state index contributed by atoms with van der Waals surface area (Å²) in [4.78, 5) is 0. The third kappa shape index (κ3) is 2.25. The van der Waals surface area contributed by atoms with E-state index in [0.29, 0.717) is 5.82 Å². The number of benzene rings is 1. The Morgan fingerprint density at radius 1 is 1.16 bits per heavy atom. The molecule has 0 atom stereocenters. The van der Waals surface area contributed by atoms with Crippen molar-refractivity contribution in [3.63, 3.8) is 0 Å². The molecule has 19 heavy (non-hydrogen) atoms. The Kier molecular flexibility index (Phi) is 3.28. The van der Waals surface area contributed by atoms with Crippen molar-refractivity contribution in [1.29, 1.82) is 0 Å². The van der Waals surface area contributed by atoms with Crippen LogP contribution in [0.2, 0.25) is 0 Å². The minimum Gasteiger partial charge on any atom is -0.382 e. The van der Waals surface area contributed by atoms with E-state index >= 15 is 0 Å². The fraction of sp³-hybridized carbons (Fsp3) is 0.438. The van der Waals surface area contributed by atoms with Gasteiger partial charge < -0.3 is 5.73 Å². The van der Waals surface area contributed by atoms with Crippen LogP contribution < -0.4 is 5.73 Å². The number of anilines is 1. The lowest BCUT2D eigenvalue weighted by Crippen LogP contribution is -2.07. The van der Waals surface area contributed by atoms with Gasteiger partial charge in [-0.3, -0.25) is 0 Å². The minimum absolute atomic E-state index is 0.715. The van der Waals surface area contributed by atoms with Gasteiger partial charge in [0.1, 0.15) is 5.82 Å². The Bertz CT molecular complexity index is 566. The number of nitrogens with zero attached hydrogens (tertiary/aromatic N) is 2. The third-order valence-electron chi connectivity index (χ3n) is 3.93. The zero-order valence-corrected chi connectivity index (χ0v) is 11.5. The van der Waals surface area contributed by atoms with Crippen molar-refractivity contribution in [2.75, 3.05) is 5.73 Å². The van der Waals surface area contributed by atoms with Gasteiger partial charge in [-0.25, -0.2) is 4.68 Å². The predicted octanol–water partition coefficient (Wildman–Crippen LogP) is 3.29. The highest BCUT2D eigenvalue weighted by atomic mass is 15.3. The highest BCUT2D eigenvalue weighted by Crippen LogP contribution is 2.28. The maximum atomic E-state index is 6.05. The second-order valence-electron chi connectivity index (χ2n) is 5.35. The van der Waals surface area contributed by atoms with E-state index in [-0.39, 0.29) is 0 Å².